The largest absolute Gasteiger partial charge is 0.455 e. The van der Waals surface area contributed by atoms with Gasteiger partial charge in [0.25, 0.3) is 0 Å². The van der Waals surface area contributed by atoms with Crippen LogP contribution in [0.2, 0.25) is 5.02 Å². The van der Waals surface area contributed by atoms with Crippen molar-refractivity contribution in [3.63, 3.8) is 0 Å². The first-order valence-electron chi connectivity index (χ1n) is 5.72. The highest BCUT2D eigenvalue weighted by Gasteiger charge is 2.13. The van der Waals surface area contributed by atoms with E-state index in [1.807, 2.05) is 6.07 Å². The number of nitriles is 1. The Morgan fingerprint density at radius 3 is 2.74 bits per heavy atom. The monoisotopic (exact) mass is 269 g/mol. The van der Waals surface area contributed by atoms with Gasteiger partial charge in [-0.05, 0) is 24.3 Å². The third-order valence-electron chi connectivity index (χ3n) is 3.05. The van der Waals surface area contributed by atoms with E-state index >= 15 is 0 Å². The summed E-state index contributed by atoms with van der Waals surface area (Å²) in [7, 11) is 0. The number of nitrogens with zero attached hydrogens (tertiary/aromatic N) is 1. The zero-order chi connectivity index (χ0) is 13.4. The number of para-hydroxylation sites is 1. The molecular weight excluding hydrogens is 262 g/mol. The van der Waals surface area contributed by atoms with Crippen LogP contribution < -0.4 is 5.43 Å². The van der Waals surface area contributed by atoms with Gasteiger partial charge in [-0.25, -0.2) is 0 Å². The molecule has 4 heteroatoms. The van der Waals surface area contributed by atoms with E-state index in [1.165, 1.54) is 0 Å². The molecule has 0 aliphatic carbocycles. The third-order valence-corrected chi connectivity index (χ3v) is 3.40. The summed E-state index contributed by atoms with van der Waals surface area (Å²) >= 11 is 6.07. The van der Waals surface area contributed by atoms with Crippen molar-refractivity contribution in [3.8, 4) is 6.07 Å². The van der Waals surface area contributed by atoms with Crippen LogP contribution in [0.15, 0.2) is 45.6 Å². The van der Waals surface area contributed by atoms with Crippen molar-refractivity contribution in [2.75, 3.05) is 0 Å². The fourth-order valence-electron chi connectivity index (χ4n) is 2.14. The van der Waals surface area contributed by atoms with Crippen LogP contribution in [0.4, 0.5) is 0 Å². The smallest absolute Gasteiger partial charge is 0.200 e. The topological polar surface area (TPSA) is 54.0 Å². The molecule has 0 N–H and O–H groups in total. The van der Waals surface area contributed by atoms with Crippen molar-refractivity contribution in [3.05, 3.63) is 57.2 Å². The predicted octanol–water partition coefficient (Wildman–Crippen LogP) is 3.67. The number of benzene rings is 2. The second-order valence-corrected chi connectivity index (χ2v) is 4.57. The summed E-state index contributed by atoms with van der Waals surface area (Å²) in [6.45, 7) is 0. The summed E-state index contributed by atoms with van der Waals surface area (Å²) in [4.78, 5) is 12.4. The molecule has 2 aromatic carbocycles. The Balaban J connectivity index is 2.55. The van der Waals surface area contributed by atoms with E-state index in [0.717, 1.165) is 0 Å². The summed E-state index contributed by atoms with van der Waals surface area (Å²) in [6.07, 6.45) is 0.109. The van der Waals surface area contributed by atoms with Gasteiger partial charge in [0, 0.05) is 10.6 Å². The highest BCUT2D eigenvalue weighted by Crippen LogP contribution is 2.27. The van der Waals surface area contributed by atoms with Crippen molar-refractivity contribution in [2.24, 2.45) is 0 Å². The lowest BCUT2D eigenvalue weighted by atomic mass is 10.1. The lowest BCUT2D eigenvalue weighted by Crippen LogP contribution is -2.03. The van der Waals surface area contributed by atoms with E-state index < -0.39 is 0 Å². The van der Waals surface area contributed by atoms with Gasteiger partial charge in [0.1, 0.15) is 11.2 Å². The zero-order valence-corrected chi connectivity index (χ0v) is 10.6. The fourth-order valence-corrected chi connectivity index (χ4v) is 2.36. The molecule has 0 amide bonds. The van der Waals surface area contributed by atoms with E-state index in [2.05, 4.69) is 0 Å². The molecule has 1 heterocycles. The second-order valence-electron chi connectivity index (χ2n) is 4.16. The molecule has 3 nitrogen and oxygen atoms in total. The SMILES string of the molecule is N#CCc1c(Cl)ccc2c(=O)c3ccccc3oc12. The van der Waals surface area contributed by atoms with Crippen molar-refractivity contribution < 1.29 is 4.42 Å². The molecule has 0 atom stereocenters. The highest BCUT2D eigenvalue weighted by molar-refractivity contribution is 6.32. The number of fused-ring (bicyclic) bond motifs is 2. The normalized spacial score (nSPS) is 10.7. The van der Waals surface area contributed by atoms with Crippen molar-refractivity contribution >= 4 is 33.5 Å². The van der Waals surface area contributed by atoms with E-state index in [9.17, 15) is 4.79 Å². The molecule has 0 aliphatic rings. The molecule has 0 unspecified atom stereocenters. The Morgan fingerprint density at radius 2 is 1.95 bits per heavy atom. The summed E-state index contributed by atoms with van der Waals surface area (Å²) in [5, 5.41) is 10.3. The molecule has 0 saturated carbocycles. The number of halogens is 1. The van der Waals surface area contributed by atoms with Crippen molar-refractivity contribution in [2.45, 2.75) is 6.42 Å². The molecular formula is C15H8ClNO2. The lowest BCUT2D eigenvalue weighted by Gasteiger charge is -2.06. The maximum absolute atomic E-state index is 12.4. The first-order valence-corrected chi connectivity index (χ1v) is 6.10. The molecule has 0 radical (unpaired) electrons. The fraction of sp³-hybridized carbons (Fsp3) is 0.0667. The Labute approximate surface area is 113 Å². The average molecular weight is 270 g/mol. The van der Waals surface area contributed by atoms with Gasteiger partial charge < -0.3 is 4.42 Å². The molecule has 92 valence electrons. The van der Waals surface area contributed by atoms with Crippen LogP contribution in [0, 0.1) is 11.3 Å². The Hall–Kier alpha value is -2.31. The van der Waals surface area contributed by atoms with Gasteiger partial charge in [-0.1, -0.05) is 23.7 Å². The second kappa shape index (κ2) is 4.42. The number of rotatable bonds is 1. The first kappa shape index (κ1) is 11.8. The van der Waals surface area contributed by atoms with E-state index in [0.29, 0.717) is 32.5 Å². The zero-order valence-electron chi connectivity index (χ0n) is 9.81. The molecule has 0 spiro atoms. The molecule has 0 bridgehead atoms. The van der Waals surface area contributed by atoms with Gasteiger partial charge in [0.2, 0.25) is 5.43 Å². The van der Waals surface area contributed by atoms with Gasteiger partial charge >= 0.3 is 0 Å². The molecule has 0 fully saturated rings. The van der Waals surface area contributed by atoms with Gasteiger partial charge in [0.05, 0.1) is 23.3 Å². The Bertz CT molecular complexity index is 890. The van der Waals surface area contributed by atoms with Gasteiger partial charge in [-0.2, -0.15) is 5.26 Å². The summed E-state index contributed by atoms with van der Waals surface area (Å²) in [5.74, 6) is 0. The van der Waals surface area contributed by atoms with Crippen LogP contribution >= 0.6 is 11.6 Å². The van der Waals surface area contributed by atoms with Crippen LogP contribution in [0.3, 0.4) is 0 Å². The van der Waals surface area contributed by atoms with Crippen LogP contribution in [0.1, 0.15) is 5.56 Å². The minimum Gasteiger partial charge on any atom is -0.455 e. The van der Waals surface area contributed by atoms with Gasteiger partial charge in [0.15, 0.2) is 0 Å². The average Bonchev–Trinajstić information content (AvgIpc) is 2.43. The molecule has 1 aromatic heterocycles. The summed E-state index contributed by atoms with van der Waals surface area (Å²) in [6, 6.07) is 12.3. The maximum atomic E-state index is 12.4. The molecule has 19 heavy (non-hydrogen) atoms. The van der Waals surface area contributed by atoms with Gasteiger partial charge in [-0.15, -0.1) is 0 Å². The molecule has 3 rings (SSSR count). The third kappa shape index (κ3) is 1.78. The lowest BCUT2D eigenvalue weighted by molar-refractivity contribution is 0.655. The van der Waals surface area contributed by atoms with E-state index in [-0.39, 0.29) is 11.8 Å². The van der Waals surface area contributed by atoms with Crippen LogP contribution in [-0.4, -0.2) is 0 Å². The maximum Gasteiger partial charge on any atom is 0.200 e. The van der Waals surface area contributed by atoms with E-state index in [1.54, 1.807) is 36.4 Å². The number of hydrogen-bond donors (Lipinski definition) is 0. The minimum absolute atomic E-state index is 0.104. The quantitative estimate of drug-likeness (QED) is 0.634. The standard InChI is InChI=1S/C15H8ClNO2/c16-12-6-5-11-14(18)10-3-1-2-4-13(10)19-15(11)9(12)7-8-17/h1-6H,7H2. The minimum atomic E-state index is -0.104. The Morgan fingerprint density at radius 1 is 1.16 bits per heavy atom. The molecule has 0 saturated heterocycles. The van der Waals surface area contributed by atoms with Crippen LogP contribution in [0.25, 0.3) is 21.9 Å². The van der Waals surface area contributed by atoms with E-state index in [4.69, 9.17) is 21.3 Å². The molecule has 0 aliphatic heterocycles. The van der Waals surface area contributed by atoms with Gasteiger partial charge in [-0.3, -0.25) is 4.79 Å². The summed E-state index contributed by atoms with van der Waals surface area (Å²) in [5.41, 5.74) is 1.36. The van der Waals surface area contributed by atoms with Crippen LogP contribution in [0.5, 0.6) is 0 Å². The first-order chi connectivity index (χ1) is 9.22. The molecule has 3 aromatic rings. The van der Waals surface area contributed by atoms with Crippen LogP contribution in [-0.2, 0) is 6.42 Å². The highest BCUT2D eigenvalue weighted by atomic mass is 35.5. The Kier molecular flexibility index (Phi) is 2.73. The van der Waals surface area contributed by atoms with Crippen molar-refractivity contribution in [1.82, 2.24) is 0 Å². The predicted molar refractivity (Wildman–Crippen MR) is 74.3 cm³/mol. The number of hydrogen-bond acceptors (Lipinski definition) is 3. The van der Waals surface area contributed by atoms with Crippen molar-refractivity contribution in [1.29, 1.82) is 5.26 Å². The summed E-state index contributed by atoms with van der Waals surface area (Å²) < 4.78 is 5.76.